The van der Waals surface area contributed by atoms with E-state index >= 15 is 0 Å². The number of hydrogen-bond donors (Lipinski definition) is 2. The fourth-order valence-corrected chi connectivity index (χ4v) is 2.37. The summed E-state index contributed by atoms with van der Waals surface area (Å²) in [4.78, 5) is 12.0. The summed E-state index contributed by atoms with van der Waals surface area (Å²) < 4.78 is 58.1. The lowest BCUT2D eigenvalue weighted by molar-refractivity contribution is 0.101. The highest BCUT2D eigenvalue weighted by molar-refractivity contribution is 6.04. The molecule has 2 aromatic carbocycles. The zero-order chi connectivity index (χ0) is 19.0. The summed E-state index contributed by atoms with van der Waals surface area (Å²) in [5.74, 6) is -8.97. The molecule has 0 aliphatic heterocycles. The van der Waals surface area contributed by atoms with Crippen LogP contribution in [0.2, 0.25) is 0 Å². The highest BCUT2D eigenvalue weighted by atomic mass is 19.2. The molecule has 3 aromatic rings. The van der Waals surface area contributed by atoms with Crippen LogP contribution in [0.25, 0.3) is 11.1 Å². The molecule has 2 N–H and O–H groups in total. The second-order valence-electron chi connectivity index (χ2n) is 5.21. The minimum Gasteiger partial charge on any atom is -0.491 e. The first kappa shape index (κ1) is 17.4. The van der Waals surface area contributed by atoms with Crippen molar-refractivity contribution in [3.63, 3.8) is 0 Å². The Labute approximate surface area is 143 Å². The van der Waals surface area contributed by atoms with Crippen LogP contribution >= 0.6 is 0 Å². The zero-order valence-corrected chi connectivity index (χ0v) is 13.1. The average Bonchev–Trinajstić information content (AvgIpc) is 2.96. The smallest absolute Gasteiger partial charge is 0.279 e. The molecule has 0 aliphatic rings. The van der Waals surface area contributed by atoms with Gasteiger partial charge in [0.1, 0.15) is 5.69 Å². The second-order valence-corrected chi connectivity index (χ2v) is 5.21. The van der Waals surface area contributed by atoms with Gasteiger partial charge in [-0.25, -0.2) is 22.2 Å². The number of anilines is 1. The number of aryl methyl sites for hydroxylation is 1. The molecule has 0 aliphatic carbocycles. The van der Waals surface area contributed by atoms with Crippen molar-refractivity contribution < 1.29 is 27.5 Å². The van der Waals surface area contributed by atoms with Crippen molar-refractivity contribution in [2.75, 3.05) is 5.32 Å². The molecule has 1 amide bonds. The Morgan fingerprint density at radius 2 is 1.62 bits per heavy atom. The highest BCUT2D eigenvalue weighted by Crippen LogP contribution is 2.34. The largest absolute Gasteiger partial charge is 0.491 e. The molecule has 0 unspecified atom stereocenters. The average molecular weight is 366 g/mol. The number of carbonyl (C=O) groups is 1. The molecule has 134 valence electrons. The summed E-state index contributed by atoms with van der Waals surface area (Å²) in [6, 6.07) is 7.00. The third-order valence-corrected chi connectivity index (χ3v) is 3.59. The summed E-state index contributed by atoms with van der Waals surface area (Å²) in [7, 11) is 1.23. The molecule has 1 heterocycles. The normalized spacial score (nSPS) is 10.8. The van der Waals surface area contributed by atoms with Crippen LogP contribution in [0.3, 0.4) is 0 Å². The minimum atomic E-state index is -1.79. The number of hydrogen-bond acceptors (Lipinski definition) is 4. The lowest BCUT2D eigenvalue weighted by Crippen LogP contribution is -2.19. The lowest BCUT2D eigenvalue weighted by atomic mass is 10.0. The van der Waals surface area contributed by atoms with Crippen LogP contribution in [0, 0.1) is 23.3 Å². The van der Waals surface area contributed by atoms with E-state index in [1.165, 1.54) is 31.3 Å². The molecule has 0 spiro atoms. The monoisotopic (exact) mass is 366 g/mol. The molecule has 3 rings (SSSR count). The van der Waals surface area contributed by atoms with Crippen molar-refractivity contribution in [1.29, 1.82) is 0 Å². The number of aromatic hydroxyl groups is 1. The number of amides is 1. The number of aromatic nitrogens is 3. The summed E-state index contributed by atoms with van der Waals surface area (Å²) >= 11 is 0. The first-order chi connectivity index (χ1) is 12.3. The molecule has 10 heteroatoms. The van der Waals surface area contributed by atoms with Gasteiger partial charge in [-0.15, -0.1) is 0 Å². The maximum atomic E-state index is 14.3. The van der Waals surface area contributed by atoms with E-state index in [0.717, 1.165) is 4.68 Å². The van der Waals surface area contributed by atoms with Gasteiger partial charge in [-0.05, 0) is 5.56 Å². The van der Waals surface area contributed by atoms with Crippen LogP contribution in [0.15, 0.2) is 30.3 Å². The molecule has 0 radical (unpaired) electrons. The van der Waals surface area contributed by atoms with Crippen LogP contribution in [-0.2, 0) is 7.05 Å². The predicted molar refractivity (Wildman–Crippen MR) is 82.3 cm³/mol. The molecule has 1 aromatic heterocycles. The van der Waals surface area contributed by atoms with Gasteiger partial charge in [0.05, 0.1) is 5.56 Å². The third-order valence-electron chi connectivity index (χ3n) is 3.59. The van der Waals surface area contributed by atoms with Gasteiger partial charge in [-0.2, -0.15) is 0 Å². The summed E-state index contributed by atoms with van der Waals surface area (Å²) in [5.41, 5.74) is -2.85. The van der Waals surface area contributed by atoms with E-state index in [1.54, 1.807) is 11.4 Å². The Balaban J connectivity index is 2.09. The molecule has 0 atom stereocenters. The topological polar surface area (TPSA) is 80.0 Å². The molecule has 0 saturated carbocycles. The van der Waals surface area contributed by atoms with Crippen molar-refractivity contribution in [2.45, 2.75) is 0 Å². The van der Waals surface area contributed by atoms with Gasteiger partial charge in [0.15, 0.2) is 29.0 Å². The Bertz CT molecular complexity index is 957. The number of benzene rings is 2. The van der Waals surface area contributed by atoms with E-state index in [0.29, 0.717) is 0 Å². The van der Waals surface area contributed by atoms with Crippen LogP contribution in [-0.4, -0.2) is 26.0 Å². The van der Waals surface area contributed by atoms with E-state index in [1.807, 2.05) is 0 Å². The lowest BCUT2D eigenvalue weighted by Gasteiger charge is -2.13. The van der Waals surface area contributed by atoms with Crippen molar-refractivity contribution in [3.05, 3.63) is 59.3 Å². The van der Waals surface area contributed by atoms with E-state index in [9.17, 15) is 27.5 Å². The van der Waals surface area contributed by atoms with Gasteiger partial charge in [0.25, 0.3) is 11.8 Å². The van der Waals surface area contributed by atoms with Gasteiger partial charge < -0.3 is 10.4 Å². The number of nitrogens with zero attached hydrogens (tertiary/aromatic N) is 3. The predicted octanol–water partition coefficient (Wildman–Crippen LogP) is 3.00. The van der Waals surface area contributed by atoms with E-state index in [4.69, 9.17) is 0 Å². The first-order valence-corrected chi connectivity index (χ1v) is 7.14. The Morgan fingerprint density at radius 3 is 2.12 bits per heavy atom. The van der Waals surface area contributed by atoms with Crippen molar-refractivity contribution >= 4 is 11.6 Å². The van der Waals surface area contributed by atoms with Gasteiger partial charge >= 0.3 is 0 Å². The number of carbonyl (C=O) groups excluding carboxylic acids is 1. The molecule has 6 nitrogen and oxygen atoms in total. The van der Waals surface area contributed by atoms with Crippen molar-refractivity contribution in [1.82, 2.24) is 15.0 Å². The van der Waals surface area contributed by atoms with Crippen molar-refractivity contribution in [3.8, 4) is 17.0 Å². The fraction of sp³-hybridized carbons (Fsp3) is 0.0625. The van der Waals surface area contributed by atoms with Crippen LogP contribution < -0.4 is 5.32 Å². The van der Waals surface area contributed by atoms with Gasteiger partial charge in [0, 0.05) is 7.05 Å². The van der Waals surface area contributed by atoms with Crippen molar-refractivity contribution in [2.24, 2.45) is 7.05 Å². The number of halogens is 4. The maximum Gasteiger partial charge on any atom is 0.279 e. The summed E-state index contributed by atoms with van der Waals surface area (Å²) in [6.07, 6.45) is 0. The van der Waals surface area contributed by atoms with Gasteiger partial charge in [0.2, 0.25) is 0 Å². The maximum absolute atomic E-state index is 14.3. The van der Waals surface area contributed by atoms with Crippen LogP contribution in [0.4, 0.5) is 23.2 Å². The van der Waals surface area contributed by atoms with Gasteiger partial charge in [-0.1, -0.05) is 40.6 Å². The van der Waals surface area contributed by atoms with E-state index in [-0.39, 0.29) is 5.56 Å². The Morgan fingerprint density at radius 1 is 1.04 bits per heavy atom. The standard InChI is InChI=1S/C16H10F4N4O2/c1-24-14(16(26)22-23-24)15(25)21-13-11(19)9(17)8(10(18)12(13)20)7-5-3-2-4-6-7/h2-6,26H,1H3,(H,21,25). The molecule has 0 bridgehead atoms. The minimum absolute atomic E-state index is 0.0772. The van der Waals surface area contributed by atoms with Gasteiger partial charge in [-0.3, -0.25) is 4.79 Å². The molecule has 0 saturated heterocycles. The third kappa shape index (κ3) is 2.75. The molecule has 26 heavy (non-hydrogen) atoms. The SMILES string of the molecule is Cn1nnc(O)c1C(=O)Nc1c(F)c(F)c(-c2ccccc2)c(F)c1F. The zero-order valence-electron chi connectivity index (χ0n) is 13.1. The highest BCUT2D eigenvalue weighted by Gasteiger charge is 2.29. The van der Waals surface area contributed by atoms with E-state index < -0.39 is 52.0 Å². The second kappa shape index (κ2) is 6.47. The fourth-order valence-electron chi connectivity index (χ4n) is 2.37. The van der Waals surface area contributed by atoms with Crippen LogP contribution in [0.5, 0.6) is 5.88 Å². The molecular formula is C16H10F4N4O2. The summed E-state index contributed by atoms with van der Waals surface area (Å²) in [5, 5.41) is 17.6. The van der Waals surface area contributed by atoms with Crippen LogP contribution in [0.1, 0.15) is 10.5 Å². The summed E-state index contributed by atoms with van der Waals surface area (Å²) in [6.45, 7) is 0. The Kier molecular flexibility index (Phi) is 4.33. The van der Waals surface area contributed by atoms with E-state index in [2.05, 4.69) is 10.3 Å². The quantitative estimate of drug-likeness (QED) is 0.552. The molecule has 0 fully saturated rings. The molecular weight excluding hydrogens is 356 g/mol. The number of rotatable bonds is 3. The first-order valence-electron chi connectivity index (χ1n) is 7.14. The number of nitrogens with one attached hydrogen (secondary N) is 1. The Hall–Kier alpha value is -3.43.